The van der Waals surface area contributed by atoms with E-state index in [2.05, 4.69) is 96.1 Å². The smallest absolute Gasteiger partial charge is 0.227 e. The highest BCUT2D eigenvalue weighted by Crippen LogP contribution is 2.38. The summed E-state index contributed by atoms with van der Waals surface area (Å²) in [6.45, 7) is 8.91. The van der Waals surface area contributed by atoms with Gasteiger partial charge >= 0.3 is 0 Å². The monoisotopic (exact) mass is 637 g/mol. The Bertz CT molecular complexity index is 1560. The fraction of sp³-hybridized carbons (Fsp3) is 0.500. The van der Waals surface area contributed by atoms with Crippen molar-refractivity contribution in [1.29, 1.82) is 0 Å². The van der Waals surface area contributed by atoms with E-state index in [0.29, 0.717) is 18.9 Å². The molecule has 4 aliphatic heterocycles. The molecule has 0 spiro atoms. The van der Waals surface area contributed by atoms with Gasteiger partial charge in [-0.3, -0.25) is 19.5 Å². The highest BCUT2D eigenvalue weighted by molar-refractivity contribution is 8.03. The van der Waals surface area contributed by atoms with Gasteiger partial charge < -0.3 is 9.80 Å². The van der Waals surface area contributed by atoms with Crippen molar-refractivity contribution in [3.8, 4) is 0 Å². The molecule has 7 nitrogen and oxygen atoms in total. The minimum atomic E-state index is -0.106. The number of hydrogen-bond acceptors (Lipinski definition) is 7. The van der Waals surface area contributed by atoms with Crippen molar-refractivity contribution < 1.29 is 9.59 Å². The van der Waals surface area contributed by atoms with E-state index >= 15 is 0 Å². The minimum absolute atomic E-state index is 0.0539. The molecule has 5 aliphatic rings. The maximum Gasteiger partial charge on any atom is 0.227 e. The lowest BCUT2D eigenvalue weighted by Gasteiger charge is -2.32. The molecule has 1 aromatic carbocycles. The first-order chi connectivity index (χ1) is 22.2. The Morgan fingerprint density at radius 2 is 1.93 bits per heavy atom. The Hall–Kier alpha value is -3.45. The number of amidine groups is 1. The predicted octanol–water partition coefficient (Wildman–Crippen LogP) is 6.60. The van der Waals surface area contributed by atoms with Gasteiger partial charge in [0.1, 0.15) is 16.6 Å². The molecule has 8 heteroatoms. The van der Waals surface area contributed by atoms with Crippen LogP contribution in [0.1, 0.15) is 64.4 Å². The number of Topliss-reactive ketones (excluding diaryl/α,β-unsaturated/α-hetero) is 1. The van der Waals surface area contributed by atoms with E-state index in [1.807, 2.05) is 4.90 Å². The number of hydrogen-bond donors (Lipinski definition) is 0. The number of piperidine rings is 1. The van der Waals surface area contributed by atoms with Gasteiger partial charge in [0.05, 0.1) is 12.5 Å². The maximum atomic E-state index is 12.9. The number of aryl methyl sites for hydroxylation is 1. The summed E-state index contributed by atoms with van der Waals surface area (Å²) in [4.78, 5) is 43.0. The number of ketones is 1. The van der Waals surface area contributed by atoms with Crippen LogP contribution < -0.4 is 0 Å². The fourth-order valence-electron chi connectivity index (χ4n) is 7.04. The number of amides is 1. The van der Waals surface area contributed by atoms with Crippen LogP contribution in [0.25, 0.3) is 0 Å². The Labute approximate surface area is 278 Å². The Kier molecular flexibility index (Phi) is 10.3. The van der Waals surface area contributed by atoms with Crippen molar-refractivity contribution in [2.75, 3.05) is 46.3 Å². The van der Waals surface area contributed by atoms with Gasteiger partial charge in [0.2, 0.25) is 5.91 Å². The molecule has 0 aromatic heterocycles. The van der Waals surface area contributed by atoms with Gasteiger partial charge in [0.25, 0.3) is 0 Å². The highest BCUT2D eigenvalue weighted by atomic mass is 32.2. The average molecular weight is 638 g/mol. The molecule has 0 radical (unpaired) electrons. The minimum Gasteiger partial charge on any atom is -0.342 e. The van der Waals surface area contributed by atoms with Gasteiger partial charge in [-0.05, 0) is 87.4 Å². The topological polar surface area (TPSA) is 68.6 Å². The number of carbonyl (C=O) groups is 2. The molecule has 2 bridgehead atoms. The molecule has 0 N–H and O–H groups in total. The molecule has 1 aliphatic carbocycles. The summed E-state index contributed by atoms with van der Waals surface area (Å²) < 4.78 is 0. The lowest BCUT2D eigenvalue weighted by molar-refractivity contribution is -0.136. The van der Waals surface area contributed by atoms with E-state index in [0.717, 1.165) is 98.3 Å². The zero-order chi connectivity index (χ0) is 32.1. The van der Waals surface area contributed by atoms with Crippen LogP contribution in [0.5, 0.6) is 0 Å². The number of likely N-dealkylation sites (tertiary alicyclic amines) is 2. The molecule has 2 unspecified atom stereocenters. The second-order valence-electron chi connectivity index (χ2n) is 13.6. The van der Waals surface area contributed by atoms with Crippen molar-refractivity contribution >= 4 is 35.0 Å². The van der Waals surface area contributed by atoms with Crippen LogP contribution in [-0.2, 0) is 16.0 Å². The summed E-state index contributed by atoms with van der Waals surface area (Å²) in [5.41, 5.74) is 8.08. The molecule has 6 rings (SSSR count). The first-order valence-corrected chi connectivity index (χ1v) is 17.8. The van der Waals surface area contributed by atoms with Crippen LogP contribution in [0.4, 0.5) is 0 Å². The average Bonchev–Trinajstić information content (AvgIpc) is 3.53. The SMILES string of the molecule is CC1=NCCC(N(C)C2=NC(Sc3ccc(CCC(=O)CN4CCC(C(=O)N5CCCCC5)C4)cc3)=C=CC3(C)C=CC=C2C3)=C1. The van der Waals surface area contributed by atoms with Gasteiger partial charge in [0, 0.05) is 67.8 Å². The molecule has 2 atom stereocenters. The van der Waals surface area contributed by atoms with E-state index in [4.69, 9.17) is 4.99 Å². The number of dihydropyridines is 1. The summed E-state index contributed by atoms with van der Waals surface area (Å²) in [6, 6.07) is 8.50. The van der Waals surface area contributed by atoms with Gasteiger partial charge in [-0.2, -0.15) is 0 Å². The number of nitrogens with zero attached hydrogens (tertiary/aromatic N) is 5. The van der Waals surface area contributed by atoms with Gasteiger partial charge in [-0.25, -0.2) is 4.99 Å². The molecule has 46 heavy (non-hydrogen) atoms. The number of fused-ring (bicyclic) bond motifs is 2. The number of rotatable bonds is 9. The molecule has 2 saturated heterocycles. The van der Waals surface area contributed by atoms with Crippen LogP contribution in [0.2, 0.25) is 0 Å². The van der Waals surface area contributed by atoms with Crippen molar-refractivity contribution in [3.05, 3.63) is 82.2 Å². The number of carbonyl (C=O) groups excluding carboxylic acids is 2. The molecule has 1 aromatic rings. The summed E-state index contributed by atoms with van der Waals surface area (Å²) >= 11 is 1.62. The zero-order valence-electron chi connectivity index (χ0n) is 27.6. The molecule has 2 fully saturated rings. The van der Waals surface area contributed by atoms with Crippen LogP contribution in [0.3, 0.4) is 0 Å². The second kappa shape index (κ2) is 14.5. The Balaban J connectivity index is 1.05. The summed E-state index contributed by atoms with van der Waals surface area (Å²) in [5.74, 6) is 1.57. The van der Waals surface area contributed by atoms with Gasteiger partial charge in [-0.1, -0.05) is 54.8 Å². The van der Waals surface area contributed by atoms with Crippen LogP contribution >= 0.6 is 11.8 Å². The first kappa shape index (κ1) is 32.5. The van der Waals surface area contributed by atoms with Gasteiger partial charge in [0.15, 0.2) is 0 Å². The zero-order valence-corrected chi connectivity index (χ0v) is 28.5. The van der Waals surface area contributed by atoms with E-state index < -0.39 is 0 Å². The third-order valence-electron chi connectivity index (χ3n) is 9.74. The highest BCUT2D eigenvalue weighted by Gasteiger charge is 2.32. The third-order valence-corrected chi connectivity index (χ3v) is 10.6. The fourth-order valence-corrected chi connectivity index (χ4v) is 7.78. The van der Waals surface area contributed by atoms with Crippen LogP contribution in [0.15, 0.2) is 91.6 Å². The van der Waals surface area contributed by atoms with Crippen molar-refractivity contribution in [1.82, 2.24) is 14.7 Å². The van der Waals surface area contributed by atoms with Crippen molar-refractivity contribution in [3.63, 3.8) is 0 Å². The number of benzene rings is 1. The summed E-state index contributed by atoms with van der Waals surface area (Å²) in [7, 11) is 2.11. The molecule has 0 saturated carbocycles. The second-order valence-corrected chi connectivity index (χ2v) is 14.7. The summed E-state index contributed by atoms with van der Waals surface area (Å²) in [5, 5.41) is 0.835. The Morgan fingerprint density at radius 3 is 2.72 bits per heavy atom. The molecule has 4 heterocycles. The number of aliphatic imine (C=N–C) groups is 2. The molecule has 1 amide bonds. The summed E-state index contributed by atoms with van der Waals surface area (Å²) in [6.07, 6.45) is 18.3. The molecule has 242 valence electrons. The Morgan fingerprint density at radius 1 is 1.13 bits per heavy atom. The molecular formula is C38H47N5O2S. The van der Waals surface area contributed by atoms with Crippen molar-refractivity contribution in [2.45, 2.75) is 70.1 Å². The van der Waals surface area contributed by atoms with E-state index in [1.54, 1.807) is 11.8 Å². The predicted molar refractivity (Wildman–Crippen MR) is 188 cm³/mol. The normalized spacial score (nSPS) is 24.7. The lowest BCUT2D eigenvalue weighted by atomic mass is 9.79. The molecular weight excluding hydrogens is 591 g/mol. The first-order valence-electron chi connectivity index (χ1n) is 16.9. The van der Waals surface area contributed by atoms with Gasteiger partial charge in [-0.15, -0.1) is 0 Å². The lowest BCUT2D eigenvalue weighted by Crippen LogP contribution is -2.40. The standard InChI is InChI=1S/C38H47N5O2S/c1-28-24-32(16-20-39-28)41(3)36-30-8-7-18-38(2,25-30)19-15-35(40-36)46-34-13-10-29(11-14-34)9-12-33(44)27-42-23-17-31(26-42)37(45)43-21-5-4-6-22-43/h7-8,10-11,13-14,18-19,24,31H,4-6,9,12,16-17,20-23,25-27H2,1-3H3. The van der Waals surface area contributed by atoms with E-state index in [1.165, 1.54) is 17.7 Å². The maximum absolute atomic E-state index is 12.9. The number of likely N-dealkylation sites (N-methyl/N-ethyl adjacent to an activating group) is 1. The van der Waals surface area contributed by atoms with Crippen LogP contribution in [0, 0.1) is 11.3 Å². The number of allylic oxidation sites excluding steroid dienone is 5. The largest absolute Gasteiger partial charge is 0.342 e. The van der Waals surface area contributed by atoms with E-state index in [-0.39, 0.29) is 17.1 Å². The quantitative estimate of drug-likeness (QED) is 0.286. The number of thioether (sulfide) groups is 1. The van der Waals surface area contributed by atoms with Crippen LogP contribution in [-0.4, -0.2) is 84.3 Å². The van der Waals surface area contributed by atoms with Crippen molar-refractivity contribution in [2.24, 2.45) is 21.3 Å². The van der Waals surface area contributed by atoms with E-state index in [9.17, 15) is 9.59 Å². The third kappa shape index (κ3) is 8.09.